The fourth-order valence-corrected chi connectivity index (χ4v) is 1.15. The van der Waals surface area contributed by atoms with Crippen LogP contribution in [0.1, 0.15) is 13.8 Å². The molecule has 1 aliphatic heterocycles. The predicted octanol–water partition coefficient (Wildman–Crippen LogP) is 0.531. The molecule has 0 saturated carbocycles. The Morgan fingerprint density at radius 2 is 1.83 bits per heavy atom. The van der Waals surface area contributed by atoms with Crippen molar-refractivity contribution in [3.63, 3.8) is 0 Å². The molecule has 0 aromatic rings. The van der Waals surface area contributed by atoms with Gasteiger partial charge in [-0.05, 0) is 13.8 Å². The molecule has 0 radical (unpaired) electrons. The zero-order chi connectivity index (χ0) is 9.52. The molecule has 0 atom stereocenters. The Hall–Kier alpha value is -1.10. The first-order valence-corrected chi connectivity index (χ1v) is 3.86. The maximum atomic E-state index is 11.5. The molecule has 0 aromatic carbocycles. The van der Waals surface area contributed by atoms with Crippen LogP contribution in [0.4, 0.5) is 9.59 Å². The molecule has 68 valence electrons. The highest BCUT2D eigenvalue weighted by atomic mass is 16.2. The molecule has 1 N–H and O–H groups in total. The van der Waals surface area contributed by atoms with Crippen LogP contribution < -0.4 is 5.43 Å². The van der Waals surface area contributed by atoms with Crippen LogP contribution >= 0.6 is 0 Å². The van der Waals surface area contributed by atoms with Crippen molar-refractivity contribution in [1.82, 2.24) is 10.3 Å². The summed E-state index contributed by atoms with van der Waals surface area (Å²) in [5.74, 6) is 0. The van der Waals surface area contributed by atoms with Crippen molar-refractivity contribution < 1.29 is 14.2 Å². The number of rotatable bonds is 1. The fourth-order valence-electron chi connectivity index (χ4n) is 1.15. The van der Waals surface area contributed by atoms with Crippen LogP contribution in [-0.4, -0.2) is 41.7 Å². The number of imide groups is 1. The van der Waals surface area contributed by atoms with Gasteiger partial charge in [-0.3, -0.25) is 0 Å². The lowest BCUT2D eigenvalue weighted by atomic mass is 10.3. The maximum Gasteiger partial charge on any atom is 0.451 e. The molecule has 0 bridgehead atoms. The average Bonchev–Trinajstić information content (AvgIpc) is 2.02. The van der Waals surface area contributed by atoms with Gasteiger partial charge in [0.05, 0.1) is 0 Å². The van der Waals surface area contributed by atoms with Gasteiger partial charge in [0, 0.05) is 6.04 Å². The van der Waals surface area contributed by atoms with Crippen LogP contribution in [0.5, 0.6) is 0 Å². The van der Waals surface area contributed by atoms with Crippen molar-refractivity contribution in [2.45, 2.75) is 19.9 Å². The summed E-state index contributed by atoms with van der Waals surface area (Å²) < 4.78 is -0.100. The summed E-state index contributed by atoms with van der Waals surface area (Å²) in [6.07, 6.45) is 0. The van der Waals surface area contributed by atoms with E-state index in [1.54, 1.807) is 14.1 Å². The number of hydrogen-bond acceptors (Lipinski definition) is 2. The lowest BCUT2D eigenvalue weighted by molar-refractivity contribution is -0.840. The minimum absolute atomic E-state index is 0.0857. The summed E-state index contributed by atoms with van der Waals surface area (Å²) in [4.78, 5) is 23.9. The van der Waals surface area contributed by atoms with Crippen molar-refractivity contribution in [3.05, 3.63) is 0 Å². The SMILES string of the molecule is CC(C)N1C(=O)N[N+](C)(C)C1=O. The summed E-state index contributed by atoms with van der Waals surface area (Å²) >= 11 is 0. The summed E-state index contributed by atoms with van der Waals surface area (Å²) in [6.45, 7) is 3.62. The maximum absolute atomic E-state index is 11.5. The van der Waals surface area contributed by atoms with E-state index in [-0.39, 0.29) is 22.7 Å². The molecule has 1 heterocycles. The van der Waals surface area contributed by atoms with Crippen LogP contribution in [0.25, 0.3) is 0 Å². The van der Waals surface area contributed by atoms with Gasteiger partial charge >= 0.3 is 12.1 Å². The van der Waals surface area contributed by atoms with Gasteiger partial charge in [-0.2, -0.15) is 5.43 Å². The molecule has 5 heteroatoms. The first-order valence-electron chi connectivity index (χ1n) is 3.86. The molecule has 0 aliphatic carbocycles. The van der Waals surface area contributed by atoms with E-state index in [2.05, 4.69) is 5.43 Å². The lowest BCUT2D eigenvalue weighted by Crippen LogP contribution is -2.50. The van der Waals surface area contributed by atoms with Crippen LogP contribution in [0.2, 0.25) is 0 Å². The Kier molecular flexibility index (Phi) is 1.83. The van der Waals surface area contributed by atoms with Gasteiger partial charge in [0.2, 0.25) is 0 Å². The molecule has 1 rings (SSSR count). The normalized spacial score (nSPS) is 21.9. The summed E-state index contributed by atoms with van der Waals surface area (Å²) in [6, 6.07) is -0.618. The summed E-state index contributed by atoms with van der Waals surface area (Å²) in [5.41, 5.74) is 2.55. The quantitative estimate of drug-likeness (QED) is 0.586. The molecule has 1 fully saturated rings. The fraction of sp³-hybridized carbons (Fsp3) is 0.714. The third-order valence-corrected chi connectivity index (χ3v) is 1.79. The number of carbonyl (C=O) groups excluding carboxylic acids is 2. The average molecular weight is 172 g/mol. The van der Waals surface area contributed by atoms with Gasteiger partial charge in [0.25, 0.3) is 0 Å². The monoisotopic (exact) mass is 172 g/mol. The van der Waals surface area contributed by atoms with E-state index < -0.39 is 0 Å². The molecule has 12 heavy (non-hydrogen) atoms. The number of hydrogen-bond donors (Lipinski definition) is 1. The third kappa shape index (κ3) is 1.16. The Balaban J connectivity index is 2.93. The summed E-state index contributed by atoms with van der Waals surface area (Å²) in [7, 11) is 3.28. The zero-order valence-corrected chi connectivity index (χ0v) is 7.79. The summed E-state index contributed by atoms with van der Waals surface area (Å²) in [5, 5.41) is 0. The largest absolute Gasteiger partial charge is 0.451 e. The van der Waals surface area contributed by atoms with Crippen LogP contribution in [0.3, 0.4) is 0 Å². The highest BCUT2D eigenvalue weighted by Gasteiger charge is 2.47. The first kappa shape index (κ1) is 8.99. The topological polar surface area (TPSA) is 49.4 Å². The zero-order valence-electron chi connectivity index (χ0n) is 7.79. The smallest absolute Gasteiger partial charge is 0.243 e. The number of quaternary nitrogens is 1. The molecule has 0 aromatic heterocycles. The highest BCUT2D eigenvalue weighted by molar-refractivity contribution is 5.94. The van der Waals surface area contributed by atoms with E-state index in [4.69, 9.17) is 0 Å². The molecule has 1 aliphatic rings. The predicted molar refractivity (Wildman–Crippen MR) is 43.0 cm³/mol. The van der Waals surface area contributed by atoms with E-state index >= 15 is 0 Å². The Morgan fingerprint density at radius 1 is 1.33 bits per heavy atom. The Morgan fingerprint density at radius 3 is 2.00 bits per heavy atom. The number of nitrogens with one attached hydrogen (secondary N) is 1. The van der Waals surface area contributed by atoms with Crippen molar-refractivity contribution in [2.24, 2.45) is 0 Å². The highest BCUT2D eigenvalue weighted by Crippen LogP contribution is 2.13. The van der Waals surface area contributed by atoms with Crippen LogP contribution in [-0.2, 0) is 0 Å². The standard InChI is InChI=1S/C7H13N3O2/c1-5(2)9-6(11)8-10(3,4)7(9)12/h5H,1-4H3/p+1. The van der Waals surface area contributed by atoms with E-state index in [1.807, 2.05) is 13.8 Å². The lowest BCUT2D eigenvalue weighted by Gasteiger charge is -2.18. The second kappa shape index (κ2) is 2.45. The number of urea groups is 2. The van der Waals surface area contributed by atoms with Crippen LogP contribution in [0, 0.1) is 0 Å². The van der Waals surface area contributed by atoms with Crippen molar-refractivity contribution in [3.8, 4) is 0 Å². The second-order valence-corrected chi connectivity index (χ2v) is 3.62. The molecule has 0 spiro atoms. The van der Waals surface area contributed by atoms with Crippen molar-refractivity contribution in [1.29, 1.82) is 0 Å². The van der Waals surface area contributed by atoms with Gasteiger partial charge in [0.15, 0.2) is 0 Å². The van der Waals surface area contributed by atoms with E-state index in [0.29, 0.717) is 0 Å². The Bertz CT molecular complexity index is 235. The molecular formula is C7H14N3O2+. The van der Waals surface area contributed by atoms with E-state index in [9.17, 15) is 9.59 Å². The third-order valence-electron chi connectivity index (χ3n) is 1.79. The minimum Gasteiger partial charge on any atom is -0.243 e. The number of amides is 4. The van der Waals surface area contributed by atoms with Crippen molar-refractivity contribution in [2.75, 3.05) is 14.1 Å². The number of carbonyl (C=O) groups is 2. The molecule has 5 nitrogen and oxygen atoms in total. The first-order chi connectivity index (χ1) is 5.36. The second-order valence-electron chi connectivity index (χ2n) is 3.62. The van der Waals surface area contributed by atoms with Gasteiger partial charge < -0.3 is 0 Å². The van der Waals surface area contributed by atoms with E-state index in [1.165, 1.54) is 4.90 Å². The van der Waals surface area contributed by atoms with Crippen molar-refractivity contribution >= 4 is 12.1 Å². The van der Waals surface area contributed by atoms with Gasteiger partial charge in [0.1, 0.15) is 14.1 Å². The van der Waals surface area contributed by atoms with Gasteiger partial charge in [-0.1, -0.05) is 0 Å². The number of nitrogens with zero attached hydrogens (tertiary/aromatic N) is 2. The Labute approximate surface area is 71.5 Å². The van der Waals surface area contributed by atoms with Gasteiger partial charge in [-0.15, -0.1) is 4.59 Å². The van der Waals surface area contributed by atoms with Crippen LogP contribution in [0.15, 0.2) is 0 Å². The minimum atomic E-state index is -0.319. The molecule has 0 unspecified atom stereocenters. The van der Waals surface area contributed by atoms with E-state index in [0.717, 1.165) is 0 Å². The molecule has 4 amide bonds. The van der Waals surface area contributed by atoms with Gasteiger partial charge in [-0.25, -0.2) is 14.5 Å². The molecular weight excluding hydrogens is 158 g/mol. The molecule has 1 saturated heterocycles.